The lowest BCUT2D eigenvalue weighted by molar-refractivity contribution is -0.124. The van der Waals surface area contributed by atoms with Crippen molar-refractivity contribution in [3.8, 4) is 11.5 Å². The SMILES string of the molecule is O=C(COC(=O)c1ccc(O)cc1O)NC(c1ccc(F)cc1)c1cccs1. The number of ether oxygens (including phenoxy) is 1. The molecular weight excluding hydrogens is 385 g/mol. The van der Waals surface area contributed by atoms with Crippen LogP contribution in [0.3, 0.4) is 0 Å². The van der Waals surface area contributed by atoms with Crippen molar-refractivity contribution < 1.29 is 28.9 Å². The molecule has 1 unspecified atom stereocenters. The van der Waals surface area contributed by atoms with Gasteiger partial charge in [0, 0.05) is 10.9 Å². The minimum atomic E-state index is -0.901. The Morgan fingerprint density at radius 3 is 2.50 bits per heavy atom. The Balaban J connectivity index is 1.67. The highest BCUT2D eigenvalue weighted by atomic mass is 32.1. The number of thiophene rings is 1. The number of halogens is 1. The number of benzene rings is 2. The number of hydrogen-bond acceptors (Lipinski definition) is 6. The first kappa shape index (κ1) is 19.4. The average molecular weight is 401 g/mol. The Bertz CT molecular complexity index is 973. The number of phenols is 2. The van der Waals surface area contributed by atoms with Crippen LogP contribution >= 0.6 is 11.3 Å². The van der Waals surface area contributed by atoms with E-state index >= 15 is 0 Å². The summed E-state index contributed by atoms with van der Waals surface area (Å²) < 4.78 is 18.1. The predicted molar refractivity (Wildman–Crippen MR) is 101 cm³/mol. The fraction of sp³-hybridized carbons (Fsp3) is 0.100. The Labute approximate surface area is 163 Å². The highest BCUT2D eigenvalue weighted by Crippen LogP contribution is 2.26. The number of esters is 1. The van der Waals surface area contributed by atoms with Crippen LogP contribution in [0.15, 0.2) is 60.0 Å². The third-order valence-electron chi connectivity index (χ3n) is 3.87. The van der Waals surface area contributed by atoms with Crippen molar-refractivity contribution in [3.63, 3.8) is 0 Å². The minimum absolute atomic E-state index is 0.168. The van der Waals surface area contributed by atoms with Gasteiger partial charge in [0.25, 0.3) is 5.91 Å². The summed E-state index contributed by atoms with van der Waals surface area (Å²) in [6, 6.07) is 12.3. The zero-order valence-electron chi connectivity index (χ0n) is 14.5. The molecule has 0 saturated heterocycles. The minimum Gasteiger partial charge on any atom is -0.508 e. The van der Waals surface area contributed by atoms with Gasteiger partial charge in [-0.05, 0) is 41.3 Å². The Hall–Kier alpha value is -3.39. The average Bonchev–Trinajstić information content (AvgIpc) is 3.19. The second-order valence-corrected chi connectivity index (χ2v) is 6.82. The fourth-order valence-electron chi connectivity index (χ4n) is 2.53. The molecule has 28 heavy (non-hydrogen) atoms. The molecule has 2 aromatic carbocycles. The van der Waals surface area contributed by atoms with Crippen LogP contribution < -0.4 is 5.32 Å². The summed E-state index contributed by atoms with van der Waals surface area (Å²) in [6.07, 6.45) is 0. The molecule has 0 bridgehead atoms. The van der Waals surface area contributed by atoms with E-state index in [9.17, 15) is 24.2 Å². The molecule has 0 radical (unpaired) electrons. The van der Waals surface area contributed by atoms with E-state index in [-0.39, 0.29) is 17.1 Å². The number of hydrogen-bond donors (Lipinski definition) is 3. The molecule has 1 amide bonds. The van der Waals surface area contributed by atoms with E-state index in [1.54, 1.807) is 12.1 Å². The normalized spacial score (nSPS) is 11.6. The zero-order valence-corrected chi connectivity index (χ0v) is 15.3. The van der Waals surface area contributed by atoms with E-state index in [1.165, 1.54) is 35.6 Å². The summed E-state index contributed by atoms with van der Waals surface area (Å²) in [5.74, 6) is -2.50. The third-order valence-corrected chi connectivity index (χ3v) is 4.81. The topological polar surface area (TPSA) is 95.9 Å². The molecule has 1 atom stereocenters. The number of nitrogens with one attached hydrogen (secondary N) is 1. The standard InChI is InChI=1S/C20H16FNO5S/c21-13-5-3-12(4-6-13)19(17-2-1-9-28-17)22-18(25)11-27-20(26)15-8-7-14(23)10-16(15)24/h1-10,19,23-24H,11H2,(H,22,25). The van der Waals surface area contributed by atoms with Crippen LogP contribution in [-0.4, -0.2) is 28.7 Å². The van der Waals surface area contributed by atoms with Crippen LogP contribution in [0.5, 0.6) is 11.5 Å². The maximum Gasteiger partial charge on any atom is 0.342 e. The van der Waals surface area contributed by atoms with Gasteiger partial charge in [-0.2, -0.15) is 0 Å². The molecule has 3 rings (SSSR count). The van der Waals surface area contributed by atoms with Gasteiger partial charge in [-0.15, -0.1) is 11.3 Å². The van der Waals surface area contributed by atoms with Gasteiger partial charge in [-0.1, -0.05) is 18.2 Å². The summed E-state index contributed by atoms with van der Waals surface area (Å²) in [4.78, 5) is 25.2. The summed E-state index contributed by atoms with van der Waals surface area (Å²) >= 11 is 1.42. The van der Waals surface area contributed by atoms with E-state index in [0.717, 1.165) is 10.9 Å². The van der Waals surface area contributed by atoms with Crippen LogP contribution in [0.2, 0.25) is 0 Å². The largest absolute Gasteiger partial charge is 0.508 e. The van der Waals surface area contributed by atoms with Gasteiger partial charge in [-0.3, -0.25) is 4.79 Å². The first-order valence-corrected chi connectivity index (χ1v) is 9.09. The lowest BCUT2D eigenvalue weighted by atomic mass is 10.1. The van der Waals surface area contributed by atoms with Gasteiger partial charge >= 0.3 is 5.97 Å². The molecule has 8 heteroatoms. The fourth-order valence-corrected chi connectivity index (χ4v) is 3.34. The lowest BCUT2D eigenvalue weighted by Gasteiger charge is -2.18. The maximum atomic E-state index is 13.2. The second-order valence-electron chi connectivity index (χ2n) is 5.85. The quantitative estimate of drug-likeness (QED) is 0.551. The molecule has 0 aliphatic heterocycles. The Kier molecular flexibility index (Phi) is 5.90. The highest BCUT2D eigenvalue weighted by Gasteiger charge is 2.20. The smallest absolute Gasteiger partial charge is 0.342 e. The Morgan fingerprint density at radius 1 is 1.11 bits per heavy atom. The molecule has 0 aliphatic carbocycles. The molecule has 3 N–H and O–H groups in total. The molecule has 0 spiro atoms. The Morgan fingerprint density at radius 2 is 1.86 bits per heavy atom. The molecule has 1 aromatic heterocycles. The molecule has 6 nitrogen and oxygen atoms in total. The first-order valence-electron chi connectivity index (χ1n) is 8.21. The van der Waals surface area contributed by atoms with Crippen LogP contribution in [-0.2, 0) is 9.53 Å². The van der Waals surface area contributed by atoms with Crippen molar-refractivity contribution in [1.82, 2.24) is 5.32 Å². The summed E-state index contributed by atoms with van der Waals surface area (Å²) in [5, 5.41) is 23.5. The number of aromatic hydroxyl groups is 2. The summed E-state index contributed by atoms with van der Waals surface area (Å²) in [7, 11) is 0. The maximum absolute atomic E-state index is 13.2. The van der Waals surface area contributed by atoms with Crippen LogP contribution in [0.25, 0.3) is 0 Å². The van der Waals surface area contributed by atoms with Crippen molar-refractivity contribution >= 4 is 23.2 Å². The van der Waals surface area contributed by atoms with E-state index in [2.05, 4.69) is 5.32 Å². The zero-order chi connectivity index (χ0) is 20.1. The number of amides is 1. The molecule has 144 valence electrons. The van der Waals surface area contributed by atoms with E-state index < -0.39 is 30.3 Å². The number of carbonyl (C=O) groups excluding carboxylic acids is 2. The van der Waals surface area contributed by atoms with Gasteiger partial charge in [0.15, 0.2) is 6.61 Å². The van der Waals surface area contributed by atoms with Crippen LogP contribution in [0, 0.1) is 5.82 Å². The van der Waals surface area contributed by atoms with Crippen molar-refractivity contribution in [2.75, 3.05) is 6.61 Å². The number of phenolic OH excluding ortho intramolecular Hbond substituents is 2. The first-order chi connectivity index (χ1) is 13.4. The third kappa shape index (κ3) is 4.66. The predicted octanol–water partition coefficient (Wildman–Crippen LogP) is 3.36. The van der Waals surface area contributed by atoms with Crippen molar-refractivity contribution in [1.29, 1.82) is 0 Å². The summed E-state index contributed by atoms with van der Waals surface area (Å²) in [5.41, 5.74) is 0.513. The monoisotopic (exact) mass is 401 g/mol. The highest BCUT2D eigenvalue weighted by molar-refractivity contribution is 7.10. The number of carbonyl (C=O) groups is 2. The number of rotatable bonds is 6. The van der Waals surface area contributed by atoms with Crippen molar-refractivity contribution in [2.45, 2.75) is 6.04 Å². The van der Waals surface area contributed by atoms with Gasteiger partial charge in [0.05, 0.1) is 6.04 Å². The molecule has 0 aliphatic rings. The van der Waals surface area contributed by atoms with Crippen LogP contribution in [0.4, 0.5) is 4.39 Å². The molecule has 1 heterocycles. The van der Waals surface area contributed by atoms with E-state index in [0.29, 0.717) is 5.56 Å². The summed E-state index contributed by atoms with van der Waals surface area (Å²) in [6.45, 7) is -0.567. The second kappa shape index (κ2) is 8.53. The van der Waals surface area contributed by atoms with Gasteiger partial charge in [0.2, 0.25) is 0 Å². The van der Waals surface area contributed by atoms with E-state index in [4.69, 9.17) is 4.74 Å². The molecule has 0 fully saturated rings. The van der Waals surface area contributed by atoms with Gasteiger partial charge in [0.1, 0.15) is 22.9 Å². The van der Waals surface area contributed by atoms with Crippen LogP contribution in [0.1, 0.15) is 26.8 Å². The van der Waals surface area contributed by atoms with Crippen molar-refractivity contribution in [3.05, 3.63) is 81.8 Å². The van der Waals surface area contributed by atoms with Crippen molar-refractivity contribution in [2.24, 2.45) is 0 Å². The molecular formula is C20H16FNO5S. The molecule has 0 saturated carbocycles. The van der Waals surface area contributed by atoms with Gasteiger partial charge in [-0.25, -0.2) is 9.18 Å². The molecule has 3 aromatic rings. The van der Waals surface area contributed by atoms with Gasteiger partial charge < -0.3 is 20.3 Å². The lowest BCUT2D eigenvalue weighted by Crippen LogP contribution is -2.32. The van der Waals surface area contributed by atoms with E-state index in [1.807, 2.05) is 17.5 Å².